The van der Waals surface area contributed by atoms with Gasteiger partial charge in [-0.15, -0.1) is 0 Å². The summed E-state index contributed by atoms with van der Waals surface area (Å²) in [4.78, 5) is 26.0. The van der Waals surface area contributed by atoms with Gasteiger partial charge in [-0.3, -0.25) is 9.59 Å². The normalized spacial score (nSPS) is 14.3. The maximum absolute atomic E-state index is 13.7. The summed E-state index contributed by atoms with van der Waals surface area (Å²) in [5, 5.41) is 2.65. The van der Waals surface area contributed by atoms with Crippen LogP contribution in [0, 0.1) is 5.82 Å². The molecule has 1 N–H and O–H groups in total. The number of carbonyl (C=O) groups excluding carboxylic acids is 2. The molecule has 1 fully saturated rings. The summed E-state index contributed by atoms with van der Waals surface area (Å²) >= 11 is 0. The standard InChI is InChI=1S/C19H19FN2O3/c1-25-17-12-13(21-19(24)14-6-2-3-7-15(14)20)9-10-16(17)22-11-5-4-8-18(22)23/h2-3,6-7,9-10,12H,4-5,8,11H2,1H3,(H,21,24). The first-order chi connectivity index (χ1) is 12.1. The Labute approximate surface area is 145 Å². The fourth-order valence-corrected chi connectivity index (χ4v) is 2.88. The van der Waals surface area contributed by atoms with E-state index in [0.29, 0.717) is 30.1 Å². The van der Waals surface area contributed by atoms with Gasteiger partial charge in [0.1, 0.15) is 11.6 Å². The number of nitrogens with one attached hydrogen (secondary N) is 1. The van der Waals surface area contributed by atoms with Crippen LogP contribution < -0.4 is 15.0 Å². The van der Waals surface area contributed by atoms with Crippen molar-refractivity contribution in [2.45, 2.75) is 19.3 Å². The van der Waals surface area contributed by atoms with Crippen LogP contribution in [-0.4, -0.2) is 25.5 Å². The quantitative estimate of drug-likeness (QED) is 0.923. The molecule has 0 radical (unpaired) electrons. The zero-order chi connectivity index (χ0) is 17.8. The average Bonchev–Trinajstić information content (AvgIpc) is 2.62. The fourth-order valence-electron chi connectivity index (χ4n) is 2.88. The molecular formula is C19H19FN2O3. The van der Waals surface area contributed by atoms with Gasteiger partial charge in [-0.1, -0.05) is 12.1 Å². The molecule has 0 spiro atoms. The molecule has 130 valence electrons. The van der Waals surface area contributed by atoms with Crippen LogP contribution in [-0.2, 0) is 4.79 Å². The van der Waals surface area contributed by atoms with E-state index >= 15 is 0 Å². The summed E-state index contributed by atoms with van der Waals surface area (Å²) in [5.41, 5.74) is 1.12. The molecule has 6 heteroatoms. The molecule has 25 heavy (non-hydrogen) atoms. The van der Waals surface area contributed by atoms with Crippen molar-refractivity contribution in [3.8, 4) is 5.75 Å². The number of amides is 2. The minimum atomic E-state index is -0.581. The third-order valence-corrected chi connectivity index (χ3v) is 4.17. The lowest BCUT2D eigenvalue weighted by Gasteiger charge is -2.28. The summed E-state index contributed by atoms with van der Waals surface area (Å²) in [6.45, 7) is 0.649. The summed E-state index contributed by atoms with van der Waals surface area (Å²) in [7, 11) is 1.51. The van der Waals surface area contributed by atoms with E-state index in [0.717, 1.165) is 12.8 Å². The maximum Gasteiger partial charge on any atom is 0.258 e. The smallest absolute Gasteiger partial charge is 0.258 e. The van der Waals surface area contributed by atoms with E-state index in [2.05, 4.69) is 5.32 Å². The van der Waals surface area contributed by atoms with Gasteiger partial charge in [-0.25, -0.2) is 4.39 Å². The topological polar surface area (TPSA) is 58.6 Å². The number of benzene rings is 2. The number of ether oxygens (including phenoxy) is 1. The average molecular weight is 342 g/mol. The van der Waals surface area contributed by atoms with Crippen molar-refractivity contribution in [1.29, 1.82) is 0 Å². The third kappa shape index (κ3) is 3.63. The molecule has 2 aromatic rings. The molecule has 0 atom stereocenters. The number of nitrogens with zero attached hydrogens (tertiary/aromatic N) is 1. The van der Waals surface area contributed by atoms with E-state index in [4.69, 9.17) is 4.74 Å². The number of methoxy groups -OCH3 is 1. The lowest BCUT2D eigenvalue weighted by molar-refractivity contribution is -0.119. The van der Waals surface area contributed by atoms with E-state index in [1.807, 2.05) is 0 Å². The van der Waals surface area contributed by atoms with E-state index < -0.39 is 11.7 Å². The summed E-state index contributed by atoms with van der Waals surface area (Å²) in [5.74, 6) is -0.571. The Morgan fingerprint density at radius 2 is 2.00 bits per heavy atom. The number of hydrogen-bond donors (Lipinski definition) is 1. The lowest BCUT2D eigenvalue weighted by Crippen LogP contribution is -2.35. The largest absolute Gasteiger partial charge is 0.494 e. The zero-order valence-corrected chi connectivity index (χ0v) is 13.9. The Hall–Kier alpha value is -2.89. The highest BCUT2D eigenvalue weighted by molar-refractivity contribution is 6.05. The molecule has 0 bridgehead atoms. The lowest BCUT2D eigenvalue weighted by atomic mass is 10.1. The highest BCUT2D eigenvalue weighted by Crippen LogP contribution is 2.33. The van der Waals surface area contributed by atoms with Crippen molar-refractivity contribution in [3.63, 3.8) is 0 Å². The van der Waals surface area contributed by atoms with Gasteiger partial charge in [0.25, 0.3) is 5.91 Å². The first kappa shape index (κ1) is 17.0. The Morgan fingerprint density at radius 3 is 2.72 bits per heavy atom. The molecule has 1 aliphatic heterocycles. The fraction of sp³-hybridized carbons (Fsp3) is 0.263. The molecule has 0 saturated carbocycles. The first-order valence-electron chi connectivity index (χ1n) is 8.14. The second-order valence-corrected chi connectivity index (χ2v) is 5.82. The SMILES string of the molecule is COc1cc(NC(=O)c2ccccc2F)ccc1N1CCCCC1=O. The molecule has 0 aromatic heterocycles. The molecule has 3 rings (SSSR count). The number of halogens is 1. The predicted molar refractivity (Wildman–Crippen MR) is 93.6 cm³/mol. The second kappa shape index (κ2) is 7.34. The zero-order valence-electron chi connectivity index (χ0n) is 13.9. The molecule has 1 aliphatic rings. The molecule has 0 unspecified atom stereocenters. The molecule has 1 saturated heterocycles. The second-order valence-electron chi connectivity index (χ2n) is 5.82. The van der Waals surface area contributed by atoms with E-state index in [1.165, 1.54) is 25.3 Å². The van der Waals surface area contributed by atoms with Crippen LogP contribution in [0.5, 0.6) is 5.75 Å². The minimum absolute atomic E-state index is 0.0308. The Bertz CT molecular complexity index is 807. The summed E-state index contributed by atoms with van der Waals surface area (Å²) in [6.07, 6.45) is 2.37. The summed E-state index contributed by atoms with van der Waals surface area (Å²) in [6, 6.07) is 10.8. The van der Waals surface area contributed by atoms with Gasteiger partial charge in [0.2, 0.25) is 5.91 Å². The third-order valence-electron chi connectivity index (χ3n) is 4.17. The van der Waals surface area contributed by atoms with Crippen molar-refractivity contribution in [2.75, 3.05) is 23.9 Å². The van der Waals surface area contributed by atoms with Gasteiger partial charge >= 0.3 is 0 Å². The molecule has 5 nitrogen and oxygen atoms in total. The van der Waals surface area contributed by atoms with Crippen LogP contribution in [0.15, 0.2) is 42.5 Å². The van der Waals surface area contributed by atoms with Crippen molar-refractivity contribution < 1.29 is 18.7 Å². The van der Waals surface area contributed by atoms with Crippen LogP contribution in [0.25, 0.3) is 0 Å². The van der Waals surface area contributed by atoms with Gasteiger partial charge in [0.05, 0.1) is 18.4 Å². The number of anilines is 2. The van der Waals surface area contributed by atoms with Crippen molar-refractivity contribution in [1.82, 2.24) is 0 Å². The molecular weight excluding hydrogens is 323 g/mol. The Balaban J connectivity index is 1.83. The molecule has 2 amide bonds. The van der Waals surface area contributed by atoms with Gasteiger partial charge in [0, 0.05) is 24.7 Å². The number of rotatable bonds is 4. The van der Waals surface area contributed by atoms with E-state index in [9.17, 15) is 14.0 Å². The first-order valence-corrected chi connectivity index (χ1v) is 8.14. The number of piperidine rings is 1. The van der Waals surface area contributed by atoms with Crippen LogP contribution >= 0.6 is 0 Å². The Morgan fingerprint density at radius 1 is 1.20 bits per heavy atom. The van der Waals surface area contributed by atoms with Crippen LogP contribution in [0.4, 0.5) is 15.8 Å². The molecule has 1 heterocycles. The van der Waals surface area contributed by atoms with Crippen molar-refractivity contribution in [2.24, 2.45) is 0 Å². The van der Waals surface area contributed by atoms with Crippen LogP contribution in [0.1, 0.15) is 29.6 Å². The van der Waals surface area contributed by atoms with Gasteiger partial charge in [-0.05, 0) is 37.1 Å². The highest BCUT2D eigenvalue weighted by atomic mass is 19.1. The maximum atomic E-state index is 13.7. The van der Waals surface area contributed by atoms with Crippen LogP contribution in [0.2, 0.25) is 0 Å². The predicted octanol–water partition coefficient (Wildman–Crippen LogP) is 3.60. The van der Waals surface area contributed by atoms with E-state index in [-0.39, 0.29) is 11.5 Å². The van der Waals surface area contributed by atoms with Gasteiger partial charge in [-0.2, -0.15) is 0 Å². The van der Waals surface area contributed by atoms with Crippen LogP contribution in [0.3, 0.4) is 0 Å². The van der Waals surface area contributed by atoms with Gasteiger partial charge in [0.15, 0.2) is 0 Å². The monoisotopic (exact) mass is 342 g/mol. The number of hydrogen-bond acceptors (Lipinski definition) is 3. The summed E-state index contributed by atoms with van der Waals surface area (Å²) < 4.78 is 19.1. The van der Waals surface area contributed by atoms with Gasteiger partial charge < -0.3 is 15.0 Å². The number of carbonyl (C=O) groups is 2. The Kier molecular flexibility index (Phi) is 4.97. The molecule has 0 aliphatic carbocycles. The van der Waals surface area contributed by atoms with Crippen molar-refractivity contribution in [3.05, 3.63) is 53.8 Å². The van der Waals surface area contributed by atoms with Crippen molar-refractivity contribution >= 4 is 23.2 Å². The highest BCUT2D eigenvalue weighted by Gasteiger charge is 2.23. The molecule has 2 aromatic carbocycles. The minimum Gasteiger partial charge on any atom is -0.494 e. The van der Waals surface area contributed by atoms with E-state index in [1.54, 1.807) is 29.2 Å².